The number of H-pyrrole nitrogens is 1. The van der Waals surface area contributed by atoms with E-state index in [2.05, 4.69) is 15.3 Å². The van der Waals surface area contributed by atoms with Crippen LogP contribution in [0.5, 0.6) is 5.75 Å². The number of hydrogen-bond donors (Lipinski definition) is 1. The Labute approximate surface area is 152 Å². The summed E-state index contributed by atoms with van der Waals surface area (Å²) >= 11 is 0. The van der Waals surface area contributed by atoms with Crippen molar-refractivity contribution in [1.82, 2.24) is 24.9 Å². The lowest BCUT2D eigenvalue weighted by atomic mass is 10.1. The fourth-order valence-corrected chi connectivity index (χ4v) is 2.83. The topological polar surface area (TPSA) is 76.0 Å². The molecule has 0 aliphatic heterocycles. The molecule has 136 valence electrons. The van der Waals surface area contributed by atoms with Crippen LogP contribution in [0.15, 0.2) is 36.4 Å². The average Bonchev–Trinajstić information content (AvgIpc) is 3.20. The van der Waals surface area contributed by atoms with E-state index in [-0.39, 0.29) is 5.91 Å². The molecule has 0 saturated heterocycles. The van der Waals surface area contributed by atoms with Crippen LogP contribution in [-0.4, -0.2) is 51.0 Å². The van der Waals surface area contributed by atoms with Gasteiger partial charge in [-0.05, 0) is 32.0 Å². The number of rotatable bonds is 6. The predicted octanol–water partition coefficient (Wildman–Crippen LogP) is 2.58. The Hall–Kier alpha value is -3.09. The molecule has 1 amide bonds. The minimum atomic E-state index is -0.125. The molecule has 1 aromatic carbocycles. The largest absolute Gasteiger partial charge is 0.492 e. The van der Waals surface area contributed by atoms with E-state index in [0.29, 0.717) is 18.8 Å². The van der Waals surface area contributed by atoms with Crippen LogP contribution in [0.2, 0.25) is 0 Å². The van der Waals surface area contributed by atoms with E-state index in [1.54, 1.807) is 18.0 Å². The zero-order valence-electron chi connectivity index (χ0n) is 15.5. The fraction of sp³-hybridized carbons (Fsp3) is 0.316. The lowest BCUT2D eigenvalue weighted by Gasteiger charge is -2.16. The Morgan fingerprint density at radius 3 is 2.65 bits per heavy atom. The summed E-state index contributed by atoms with van der Waals surface area (Å²) in [5, 5.41) is 11.5. The average molecular weight is 353 g/mol. The van der Waals surface area contributed by atoms with Gasteiger partial charge in [-0.3, -0.25) is 14.6 Å². The van der Waals surface area contributed by atoms with Gasteiger partial charge in [-0.15, -0.1) is 0 Å². The maximum Gasteiger partial charge on any atom is 0.271 e. The van der Waals surface area contributed by atoms with E-state index < -0.39 is 0 Å². The van der Waals surface area contributed by atoms with Crippen LogP contribution in [0.4, 0.5) is 0 Å². The third-order valence-electron chi connectivity index (χ3n) is 4.36. The highest BCUT2D eigenvalue weighted by Crippen LogP contribution is 2.25. The number of likely N-dealkylation sites (N-methyl/N-ethyl adjacent to an activating group) is 1. The van der Waals surface area contributed by atoms with E-state index in [1.807, 2.05) is 55.9 Å². The lowest BCUT2D eigenvalue weighted by molar-refractivity contribution is 0.0768. The van der Waals surface area contributed by atoms with E-state index in [4.69, 9.17) is 4.74 Å². The molecular weight excluding hydrogens is 330 g/mol. The third-order valence-corrected chi connectivity index (χ3v) is 4.36. The Bertz CT molecular complexity index is 898. The van der Waals surface area contributed by atoms with Crippen molar-refractivity contribution in [2.75, 3.05) is 20.2 Å². The van der Waals surface area contributed by atoms with Gasteiger partial charge in [0.05, 0.1) is 17.9 Å². The molecule has 0 unspecified atom stereocenters. The molecule has 7 nitrogen and oxygen atoms in total. The summed E-state index contributed by atoms with van der Waals surface area (Å²) in [6.45, 7) is 4.82. The molecule has 3 rings (SSSR count). The molecule has 7 heteroatoms. The molecule has 0 atom stereocenters. The summed E-state index contributed by atoms with van der Waals surface area (Å²) in [5.41, 5.74) is 4.03. The molecule has 1 N–H and O–H groups in total. The van der Waals surface area contributed by atoms with Gasteiger partial charge in [-0.1, -0.05) is 18.2 Å². The molecule has 0 saturated carbocycles. The van der Waals surface area contributed by atoms with Crippen LogP contribution >= 0.6 is 0 Å². The second-order valence-corrected chi connectivity index (χ2v) is 6.22. The number of carbonyl (C=O) groups is 1. The van der Waals surface area contributed by atoms with Crippen molar-refractivity contribution < 1.29 is 9.53 Å². The summed E-state index contributed by atoms with van der Waals surface area (Å²) in [5.74, 6) is 0.666. The van der Waals surface area contributed by atoms with Gasteiger partial charge in [-0.25, -0.2) is 0 Å². The smallest absolute Gasteiger partial charge is 0.271 e. The second kappa shape index (κ2) is 7.43. The summed E-state index contributed by atoms with van der Waals surface area (Å²) in [6.07, 6.45) is 0. The Morgan fingerprint density at radius 2 is 2.00 bits per heavy atom. The first kappa shape index (κ1) is 17.7. The van der Waals surface area contributed by atoms with Crippen molar-refractivity contribution >= 4 is 5.91 Å². The van der Waals surface area contributed by atoms with Crippen LogP contribution in [0, 0.1) is 13.8 Å². The van der Waals surface area contributed by atoms with Crippen molar-refractivity contribution in [3.63, 3.8) is 0 Å². The monoisotopic (exact) mass is 353 g/mol. The zero-order chi connectivity index (χ0) is 18.7. The van der Waals surface area contributed by atoms with E-state index in [0.717, 1.165) is 28.4 Å². The summed E-state index contributed by atoms with van der Waals surface area (Å²) in [7, 11) is 3.64. The molecule has 2 heterocycles. The standard InChI is InChI=1S/C19H23N5O2/c1-13-18(14(2)24(4)22-13)16-12-17(21-20-16)19(25)23(3)10-11-26-15-8-6-5-7-9-15/h5-9,12H,10-11H2,1-4H3,(H,20,21). The number of hydrogen-bond acceptors (Lipinski definition) is 4. The number of para-hydroxylation sites is 1. The van der Waals surface area contributed by atoms with Gasteiger partial charge < -0.3 is 9.64 Å². The fourth-order valence-electron chi connectivity index (χ4n) is 2.83. The highest BCUT2D eigenvalue weighted by molar-refractivity contribution is 5.93. The molecule has 0 aliphatic carbocycles. The van der Waals surface area contributed by atoms with Crippen molar-refractivity contribution in [3.05, 3.63) is 53.5 Å². The van der Waals surface area contributed by atoms with Crippen molar-refractivity contribution in [2.45, 2.75) is 13.8 Å². The van der Waals surface area contributed by atoms with Gasteiger partial charge in [0.2, 0.25) is 0 Å². The van der Waals surface area contributed by atoms with E-state index in [9.17, 15) is 4.79 Å². The number of benzene rings is 1. The molecule has 0 fully saturated rings. The summed E-state index contributed by atoms with van der Waals surface area (Å²) in [6, 6.07) is 11.3. The van der Waals surface area contributed by atoms with Crippen LogP contribution in [0.25, 0.3) is 11.3 Å². The van der Waals surface area contributed by atoms with Gasteiger partial charge in [0, 0.05) is 25.4 Å². The maximum atomic E-state index is 12.6. The van der Waals surface area contributed by atoms with Crippen molar-refractivity contribution in [3.8, 4) is 17.0 Å². The Kier molecular flexibility index (Phi) is 5.06. The van der Waals surface area contributed by atoms with Gasteiger partial charge >= 0.3 is 0 Å². The highest BCUT2D eigenvalue weighted by atomic mass is 16.5. The minimum absolute atomic E-state index is 0.125. The number of aryl methyl sites for hydroxylation is 2. The summed E-state index contributed by atoms with van der Waals surface area (Å²) in [4.78, 5) is 14.2. The number of nitrogens with one attached hydrogen (secondary N) is 1. The predicted molar refractivity (Wildman–Crippen MR) is 99.2 cm³/mol. The van der Waals surface area contributed by atoms with Gasteiger partial charge in [0.25, 0.3) is 5.91 Å². The molecule has 0 radical (unpaired) electrons. The number of amides is 1. The molecular formula is C19H23N5O2. The second-order valence-electron chi connectivity index (χ2n) is 6.22. The number of nitrogens with zero attached hydrogens (tertiary/aromatic N) is 4. The van der Waals surface area contributed by atoms with Crippen LogP contribution in [0.1, 0.15) is 21.9 Å². The molecule has 0 bridgehead atoms. The first-order chi connectivity index (χ1) is 12.5. The van der Waals surface area contributed by atoms with Crippen molar-refractivity contribution in [2.24, 2.45) is 7.05 Å². The Morgan fingerprint density at radius 1 is 1.27 bits per heavy atom. The maximum absolute atomic E-state index is 12.6. The number of aromatic amines is 1. The molecule has 3 aromatic rings. The number of carbonyl (C=O) groups excluding carboxylic acids is 1. The molecule has 0 spiro atoms. The van der Waals surface area contributed by atoms with E-state index >= 15 is 0 Å². The Balaban J connectivity index is 1.64. The zero-order valence-corrected chi connectivity index (χ0v) is 15.5. The molecule has 0 aliphatic rings. The molecule has 26 heavy (non-hydrogen) atoms. The summed E-state index contributed by atoms with van der Waals surface area (Å²) < 4.78 is 7.45. The van der Waals surface area contributed by atoms with Gasteiger partial charge in [0.1, 0.15) is 18.1 Å². The lowest BCUT2D eigenvalue weighted by Crippen LogP contribution is -2.31. The normalized spacial score (nSPS) is 10.8. The van der Waals surface area contributed by atoms with Gasteiger partial charge in [-0.2, -0.15) is 10.2 Å². The first-order valence-electron chi connectivity index (χ1n) is 8.46. The van der Waals surface area contributed by atoms with E-state index in [1.165, 1.54) is 0 Å². The quantitative estimate of drug-likeness (QED) is 0.739. The molecule has 2 aromatic heterocycles. The minimum Gasteiger partial charge on any atom is -0.492 e. The third kappa shape index (κ3) is 3.61. The number of aromatic nitrogens is 4. The first-order valence-corrected chi connectivity index (χ1v) is 8.46. The highest BCUT2D eigenvalue weighted by Gasteiger charge is 2.19. The van der Waals surface area contributed by atoms with Crippen molar-refractivity contribution in [1.29, 1.82) is 0 Å². The van der Waals surface area contributed by atoms with Crippen LogP contribution in [-0.2, 0) is 7.05 Å². The van der Waals surface area contributed by atoms with Crippen LogP contribution < -0.4 is 4.74 Å². The van der Waals surface area contributed by atoms with Crippen LogP contribution in [0.3, 0.4) is 0 Å². The SMILES string of the molecule is Cc1nn(C)c(C)c1-c1cc(C(=O)N(C)CCOc2ccccc2)[nH]n1. The van der Waals surface area contributed by atoms with Gasteiger partial charge in [0.15, 0.2) is 0 Å². The number of ether oxygens (including phenoxy) is 1.